The summed E-state index contributed by atoms with van der Waals surface area (Å²) in [6.07, 6.45) is 1.35. The van der Waals surface area contributed by atoms with Gasteiger partial charge in [-0.1, -0.05) is 73.1 Å². The third-order valence-corrected chi connectivity index (χ3v) is 6.93. The zero-order chi connectivity index (χ0) is 25.1. The van der Waals surface area contributed by atoms with Crippen LogP contribution in [0.5, 0.6) is 0 Å². The van der Waals surface area contributed by atoms with Crippen LogP contribution in [0, 0.1) is 0 Å². The monoisotopic (exact) mass is 498 g/mol. The summed E-state index contributed by atoms with van der Waals surface area (Å²) in [6.45, 7) is 3.05. The van der Waals surface area contributed by atoms with Crippen LogP contribution >= 0.6 is 11.6 Å². The minimum atomic E-state index is -0.215. The average Bonchev–Trinajstić information content (AvgIpc) is 3.33. The first-order chi connectivity index (χ1) is 17.5. The number of nitrogens with one attached hydrogen (secondary N) is 1. The van der Waals surface area contributed by atoms with Crippen molar-refractivity contribution >= 4 is 29.1 Å². The lowest BCUT2D eigenvalue weighted by atomic mass is 9.95. The molecule has 1 aliphatic rings. The lowest BCUT2D eigenvalue weighted by Crippen LogP contribution is -2.35. The van der Waals surface area contributed by atoms with Gasteiger partial charge in [0.15, 0.2) is 0 Å². The lowest BCUT2D eigenvalue weighted by molar-refractivity contribution is -0.117. The van der Waals surface area contributed by atoms with Gasteiger partial charge in [0.05, 0.1) is 16.5 Å². The largest absolute Gasteiger partial charge is 0.461 e. The van der Waals surface area contributed by atoms with Crippen LogP contribution in [0.25, 0.3) is 11.3 Å². The van der Waals surface area contributed by atoms with Gasteiger partial charge in [-0.15, -0.1) is 0 Å². The zero-order valence-electron chi connectivity index (χ0n) is 20.0. The van der Waals surface area contributed by atoms with Gasteiger partial charge in [-0.3, -0.25) is 9.59 Å². The van der Waals surface area contributed by atoms with Gasteiger partial charge in [0.25, 0.3) is 5.91 Å². The van der Waals surface area contributed by atoms with Gasteiger partial charge in [-0.25, -0.2) is 0 Å². The first-order valence-corrected chi connectivity index (χ1v) is 12.5. The Kier molecular flexibility index (Phi) is 6.92. The Morgan fingerprint density at radius 3 is 2.56 bits per heavy atom. The number of halogens is 1. The number of fused-ring (bicyclic) bond motifs is 1. The molecule has 0 aliphatic carbocycles. The molecule has 0 saturated heterocycles. The highest BCUT2D eigenvalue weighted by Crippen LogP contribution is 2.32. The van der Waals surface area contributed by atoms with Crippen molar-refractivity contribution in [2.24, 2.45) is 0 Å². The minimum absolute atomic E-state index is 0.0340. The van der Waals surface area contributed by atoms with E-state index in [4.69, 9.17) is 16.0 Å². The molecule has 0 spiro atoms. The fraction of sp³-hybridized carbons (Fsp3) is 0.200. The number of anilines is 1. The Hall–Kier alpha value is -3.83. The van der Waals surface area contributed by atoms with E-state index in [9.17, 15) is 9.59 Å². The maximum absolute atomic E-state index is 13.0. The number of hydrogen-bond donors (Lipinski definition) is 1. The van der Waals surface area contributed by atoms with E-state index in [1.807, 2.05) is 79.7 Å². The highest BCUT2D eigenvalue weighted by Gasteiger charge is 2.26. The second-order valence-corrected chi connectivity index (χ2v) is 9.36. The molecule has 5 nitrogen and oxygen atoms in total. The van der Waals surface area contributed by atoms with E-state index < -0.39 is 0 Å². The molecule has 0 radical (unpaired) electrons. The Bertz CT molecular complexity index is 1400. The molecule has 1 aliphatic heterocycles. The van der Waals surface area contributed by atoms with Crippen molar-refractivity contribution in [3.8, 4) is 11.3 Å². The van der Waals surface area contributed by atoms with Crippen molar-refractivity contribution in [1.82, 2.24) is 4.90 Å². The van der Waals surface area contributed by atoms with Crippen LogP contribution in [-0.4, -0.2) is 23.3 Å². The third-order valence-electron chi connectivity index (χ3n) is 6.60. The topological polar surface area (TPSA) is 62.6 Å². The fourth-order valence-corrected chi connectivity index (χ4v) is 4.91. The van der Waals surface area contributed by atoms with Crippen molar-refractivity contribution in [3.63, 3.8) is 0 Å². The van der Waals surface area contributed by atoms with Crippen LogP contribution in [0.3, 0.4) is 0 Å². The molecule has 0 bridgehead atoms. The van der Waals surface area contributed by atoms with Gasteiger partial charge in [0.2, 0.25) is 5.91 Å². The smallest absolute Gasteiger partial charge is 0.255 e. The second kappa shape index (κ2) is 10.4. The van der Waals surface area contributed by atoms with Gasteiger partial charge in [0, 0.05) is 36.3 Å². The normalized spacial score (nSPS) is 13.7. The molecule has 4 aromatic rings. The number of furan rings is 1. The number of carbonyl (C=O) groups is 2. The van der Waals surface area contributed by atoms with E-state index >= 15 is 0 Å². The Morgan fingerprint density at radius 2 is 1.78 bits per heavy atom. The molecule has 3 aromatic carbocycles. The van der Waals surface area contributed by atoms with Crippen LogP contribution in [-0.2, 0) is 17.8 Å². The molecule has 1 N–H and O–H groups in total. The standard InChI is InChI=1S/C30H27ClN2O3/c1-2-24(20-9-4-3-5-10-20)29(34)32-23-12-8-11-21(17-23)28-18-22-19-33(16-15-27(22)36-28)30(35)25-13-6-7-14-26(25)31/h3-14,17-18,24H,2,15-16,19H2,1H3,(H,32,34). The molecule has 5 rings (SSSR count). The van der Waals surface area contributed by atoms with Crippen molar-refractivity contribution in [3.05, 3.63) is 112 Å². The highest BCUT2D eigenvalue weighted by molar-refractivity contribution is 6.33. The maximum atomic E-state index is 13.0. The van der Waals surface area contributed by atoms with Crippen LogP contribution in [0.15, 0.2) is 89.3 Å². The summed E-state index contributed by atoms with van der Waals surface area (Å²) in [6, 6.07) is 26.6. The van der Waals surface area contributed by atoms with E-state index in [0.29, 0.717) is 36.5 Å². The Morgan fingerprint density at radius 1 is 1.00 bits per heavy atom. The van der Waals surface area contributed by atoms with Crippen LogP contribution < -0.4 is 5.32 Å². The molecule has 2 heterocycles. The van der Waals surface area contributed by atoms with E-state index in [1.54, 1.807) is 17.0 Å². The molecule has 0 fully saturated rings. The third kappa shape index (κ3) is 4.93. The lowest BCUT2D eigenvalue weighted by Gasteiger charge is -2.26. The summed E-state index contributed by atoms with van der Waals surface area (Å²) < 4.78 is 6.17. The van der Waals surface area contributed by atoms with Gasteiger partial charge < -0.3 is 14.6 Å². The molecule has 1 atom stereocenters. The van der Waals surface area contributed by atoms with Crippen LogP contribution in [0.1, 0.15) is 46.5 Å². The summed E-state index contributed by atoms with van der Waals surface area (Å²) in [7, 11) is 0. The molecule has 182 valence electrons. The number of carbonyl (C=O) groups excluding carboxylic acids is 2. The minimum Gasteiger partial charge on any atom is -0.461 e. The van der Waals surface area contributed by atoms with Gasteiger partial charge in [0.1, 0.15) is 11.5 Å². The first-order valence-electron chi connectivity index (χ1n) is 12.1. The predicted molar refractivity (Wildman–Crippen MR) is 142 cm³/mol. The zero-order valence-corrected chi connectivity index (χ0v) is 20.8. The summed E-state index contributed by atoms with van der Waals surface area (Å²) in [5.74, 6) is 1.28. The molecular weight excluding hydrogens is 472 g/mol. The van der Waals surface area contributed by atoms with Crippen molar-refractivity contribution in [2.75, 3.05) is 11.9 Å². The van der Waals surface area contributed by atoms with E-state index in [-0.39, 0.29) is 17.7 Å². The Balaban J connectivity index is 1.32. The number of amides is 2. The summed E-state index contributed by atoms with van der Waals surface area (Å²) in [5.41, 5.74) is 4.09. The van der Waals surface area contributed by atoms with Crippen LogP contribution in [0.2, 0.25) is 5.02 Å². The number of nitrogens with zero attached hydrogens (tertiary/aromatic N) is 1. The quantitative estimate of drug-likeness (QED) is 0.313. The van der Waals surface area contributed by atoms with Gasteiger partial charge in [-0.05, 0) is 42.3 Å². The molecule has 0 saturated carbocycles. The molecular formula is C30H27ClN2O3. The summed E-state index contributed by atoms with van der Waals surface area (Å²) in [4.78, 5) is 27.8. The van der Waals surface area contributed by atoms with E-state index in [0.717, 1.165) is 33.9 Å². The number of hydrogen-bond acceptors (Lipinski definition) is 3. The van der Waals surface area contributed by atoms with Gasteiger partial charge >= 0.3 is 0 Å². The molecule has 36 heavy (non-hydrogen) atoms. The van der Waals surface area contributed by atoms with E-state index in [2.05, 4.69) is 5.32 Å². The maximum Gasteiger partial charge on any atom is 0.255 e. The Labute approximate surface area is 215 Å². The highest BCUT2D eigenvalue weighted by atomic mass is 35.5. The van der Waals surface area contributed by atoms with Gasteiger partial charge in [-0.2, -0.15) is 0 Å². The van der Waals surface area contributed by atoms with Crippen molar-refractivity contribution < 1.29 is 14.0 Å². The molecule has 1 unspecified atom stereocenters. The van der Waals surface area contributed by atoms with E-state index in [1.165, 1.54) is 0 Å². The SMILES string of the molecule is CCC(C(=O)Nc1cccc(-c2cc3c(o2)CCN(C(=O)c2ccccc2Cl)C3)c1)c1ccccc1. The average molecular weight is 499 g/mol. The molecule has 6 heteroatoms. The summed E-state index contributed by atoms with van der Waals surface area (Å²) >= 11 is 6.24. The number of rotatable bonds is 6. The molecule has 2 amide bonds. The predicted octanol–water partition coefficient (Wildman–Crippen LogP) is 6.93. The second-order valence-electron chi connectivity index (χ2n) is 8.96. The van der Waals surface area contributed by atoms with Crippen LogP contribution in [0.4, 0.5) is 5.69 Å². The first kappa shape index (κ1) is 23.9. The molecule has 1 aromatic heterocycles. The van der Waals surface area contributed by atoms with Crippen molar-refractivity contribution in [1.29, 1.82) is 0 Å². The summed E-state index contributed by atoms with van der Waals surface area (Å²) in [5, 5.41) is 3.52. The van der Waals surface area contributed by atoms with Crippen molar-refractivity contribution in [2.45, 2.75) is 32.2 Å². The fourth-order valence-electron chi connectivity index (χ4n) is 4.69. The number of benzene rings is 3.